The van der Waals surface area contributed by atoms with Crippen molar-refractivity contribution < 1.29 is 18.3 Å². The van der Waals surface area contributed by atoms with Gasteiger partial charge in [0.25, 0.3) is 0 Å². The van der Waals surface area contributed by atoms with E-state index in [1.54, 1.807) is 13.0 Å². The van der Waals surface area contributed by atoms with Crippen LogP contribution in [0.1, 0.15) is 31.0 Å². The summed E-state index contributed by atoms with van der Waals surface area (Å²) in [6.07, 6.45) is -4.14. The smallest absolute Gasteiger partial charge is 0.393 e. The number of alkyl halides is 3. The summed E-state index contributed by atoms with van der Waals surface area (Å²) in [7, 11) is 0. The molecule has 0 radical (unpaired) electrons. The summed E-state index contributed by atoms with van der Waals surface area (Å²) >= 11 is 0. The average molecular weight is 273 g/mol. The van der Waals surface area contributed by atoms with Crippen LogP contribution in [0.25, 0.3) is 0 Å². The minimum Gasteiger partial charge on any atom is -0.393 e. The zero-order valence-electron chi connectivity index (χ0n) is 10.3. The van der Waals surface area contributed by atoms with E-state index in [4.69, 9.17) is 5.26 Å². The number of hydrogen-bond donors (Lipinski definition) is 2. The topological polar surface area (TPSA) is 68.9 Å². The molecule has 0 amide bonds. The Kier molecular flexibility index (Phi) is 5.12. The number of aliphatic hydroxyl groups excluding tert-OH is 1. The normalized spacial score (nSPS) is 12.8. The molecule has 19 heavy (non-hydrogen) atoms. The van der Waals surface area contributed by atoms with Crippen molar-refractivity contribution in [1.82, 2.24) is 4.98 Å². The zero-order chi connectivity index (χ0) is 14.5. The van der Waals surface area contributed by atoms with Crippen molar-refractivity contribution in [3.63, 3.8) is 0 Å². The van der Waals surface area contributed by atoms with Crippen molar-refractivity contribution in [3.8, 4) is 6.07 Å². The van der Waals surface area contributed by atoms with Crippen LogP contribution in [0.2, 0.25) is 0 Å². The van der Waals surface area contributed by atoms with E-state index in [-0.39, 0.29) is 17.9 Å². The molecule has 1 aromatic heterocycles. The maximum atomic E-state index is 12.5. The molecule has 4 nitrogen and oxygen atoms in total. The second-order valence-electron chi connectivity index (χ2n) is 3.98. The third kappa shape index (κ3) is 4.41. The maximum Gasteiger partial charge on any atom is 0.433 e. The summed E-state index contributed by atoms with van der Waals surface area (Å²) in [4.78, 5) is 3.40. The molecule has 104 valence electrons. The molecule has 1 heterocycles. The van der Waals surface area contributed by atoms with Crippen LogP contribution in [0.5, 0.6) is 0 Å². The first-order valence-corrected chi connectivity index (χ1v) is 5.78. The van der Waals surface area contributed by atoms with E-state index in [9.17, 15) is 18.3 Å². The minimum atomic E-state index is -4.55. The van der Waals surface area contributed by atoms with E-state index >= 15 is 0 Å². The molecule has 1 unspecified atom stereocenters. The Bertz CT molecular complexity index is 468. The second-order valence-corrected chi connectivity index (χ2v) is 3.98. The first-order valence-electron chi connectivity index (χ1n) is 5.78. The fourth-order valence-electron chi connectivity index (χ4n) is 1.40. The standard InChI is InChI=1S/C12H14F3N3O/c1-2-9(19)5-6-17-11-8(7-16)3-4-10(18-11)12(13,14)15/h3-4,9,19H,2,5-6H2,1H3,(H,17,18). The van der Waals surface area contributed by atoms with Crippen molar-refractivity contribution in [2.24, 2.45) is 0 Å². The SMILES string of the molecule is CCC(O)CCNc1nc(C(F)(F)F)ccc1C#N. The Morgan fingerprint density at radius 3 is 2.68 bits per heavy atom. The predicted octanol–water partition coefficient (Wildman–Crippen LogP) is 2.54. The van der Waals surface area contributed by atoms with Gasteiger partial charge in [0, 0.05) is 6.54 Å². The molecule has 0 saturated heterocycles. The molecule has 0 aliphatic heterocycles. The molecule has 1 atom stereocenters. The lowest BCUT2D eigenvalue weighted by molar-refractivity contribution is -0.141. The van der Waals surface area contributed by atoms with E-state index in [1.165, 1.54) is 0 Å². The van der Waals surface area contributed by atoms with Gasteiger partial charge in [-0.2, -0.15) is 18.4 Å². The average Bonchev–Trinajstić information content (AvgIpc) is 2.37. The summed E-state index contributed by atoms with van der Waals surface area (Å²) in [5, 5.41) is 20.8. The van der Waals surface area contributed by atoms with Gasteiger partial charge >= 0.3 is 6.18 Å². The third-order valence-electron chi connectivity index (χ3n) is 2.55. The van der Waals surface area contributed by atoms with E-state index in [2.05, 4.69) is 10.3 Å². The van der Waals surface area contributed by atoms with Crippen LogP contribution in [0.4, 0.5) is 19.0 Å². The van der Waals surface area contributed by atoms with Crippen LogP contribution in [-0.2, 0) is 6.18 Å². The largest absolute Gasteiger partial charge is 0.433 e. The van der Waals surface area contributed by atoms with Crippen LogP contribution in [-0.4, -0.2) is 22.7 Å². The summed E-state index contributed by atoms with van der Waals surface area (Å²) < 4.78 is 37.5. The second kappa shape index (κ2) is 6.38. The van der Waals surface area contributed by atoms with Crippen LogP contribution < -0.4 is 5.32 Å². The van der Waals surface area contributed by atoms with Gasteiger partial charge in [-0.3, -0.25) is 0 Å². The number of pyridine rings is 1. The lowest BCUT2D eigenvalue weighted by Gasteiger charge is -2.12. The van der Waals surface area contributed by atoms with E-state index in [0.717, 1.165) is 12.1 Å². The molecule has 0 bridgehead atoms. The van der Waals surface area contributed by atoms with Crippen LogP contribution in [0.3, 0.4) is 0 Å². The lowest BCUT2D eigenvalue weighted by atomic mass is 10.2. The van der Waals surface area contributed by atoms with Crippen molar-refractivity contribution in [3.05, 3.63) is 23.4 Å². The highest BCUT2D eigenvalue weighted by molar-refractivity contribution is 5.52. The van der Waals surface area contributed by atoms with Gasteiger partial charge in [-0.1, -0.05) is 6.92 Å². The molecule has 1 aromatic rings. The van der Waals surface area contributed by atoms with Gasteiger partial charge in [-0.15, -0.1) is 0 Å². The van der Waals surface area contributed by atoms with Gasteiger partial charge in [0.15, 0.2) is 0 Å². The van der Waals surface area contributed by atoms with Gasteiger partial charge in [-0.05, 0) is 25.0 Å². The van der Waals surface area contributed by atoms with E-state index in [0.29, 0.717) is 12.8 Å². The fraction of sp³-hybridized carbons (Fsp3) is 0.500. The summed E-state index contributed by atoms with van der Waals surface area (Å²) in [5.41, 5.74) is -1.01. The van der Waals surface area contributed by atoms with Crippen molar-refractivity contribution >= 4 is 5.82 Å². The van der Waals surface area contributed by atoms with Crippen molar-refractivity contribution in [2.75, 3.05) is 11.9 Å². The highest BCUT2D eigenvalue weighted by Gasteiger charge is 2.33. The zero-order valence-corrected chi connectivity index (χ0v) is 10.3. The van der Waals surface area contributed by atoms with Crippen molar-refractivity contribution in [2.45, 2.75) is 32.0 Å². The third-order valence-corrected chi connectivity index (χ3v) is 2.55. The van der Waals surface area contributed by atoms with Crippen LogP contribution >= 0.6 is 0 Å². The summed E-state index contributed by atoms with van der Waals surface area (Å²) in [6, 6.07) is 3.62. The van der Waals surface area contributed by atoms with E-state index < -0.39 is 18.0 Å². The minimum absolute atomic E-state index is 0.0407. The number of nitrogens with one attached hydrogen (secondary N) is 1. The number of aliphatic hydroxyl groups is 1. The highest BCUT2D eigenvalue weighted by Crippen LogP contribution is 2.29. The Morgan fingerprint density at radius 2 is 2.16 bits per heavy atom. The summed E-state index contributed by atoms with van der Waals surface area (Å²) in [6.45, 7) is 2.05. The number of nitrogens with zero attached hydrogens (tertiary/aromatic N) is 2. The monoisotopic (exact) mass is 273 g/mol. The molecule has 2 N–H and O–H groups in total. The van der Waals surface area contributed by atoms with Crippen LogP contribution in [0.15, 0.2) is 12.1 Å². The lowest BCUT2D eigenvalue weighted by Crippen LogP contribution is -2.15. The molecule has 0 spiro atoms. The van der Waals surface area contributed by atoms with Crippen LogP contribution in [0, 0.1) is 11.3 Å². The van der Waals surface area contributed by atoms with Gasteiger partial charge in [-0.25, -0.2) is 4.98 Å². The number of nitriles is 1. The summed E-state index contributed by atoms with van der Waals surface area (Å²) in [5.74, 6) is -0.111. The Morgan fingerprint density at radius 1 is 1.47 bits per heavy atom. The number of aromatic nitrogens is 1. The maximum absolute atomic E-state index is 12.5. The number of anilines is 1. The molecule has 0 aliphatic rings. The van der Waals surface area contributed by atoms with E-state index in [1.807, 2.05) is 0 Å². The van der Waals surface area contributed by atoms with Crippen molar-refractivity contribution in [1.29, 1.82) is 5.26 Å². The van der Waals surface area contributed by atoms with Gasteiger partial charge in [0.05, 0.1) is 11.7 Å². The molecular formula is C12H14F3N3O. The van der Waals surface area contributed by atoms with Gasteiger partial charge in [0.2, 0.25) is 0 Å². The molecule has 1 rings (SSSR count). The molecule has 7 heteroatoms. The van der Waals surface area contributed by atoms with Gasteiger partial charge in [0.1, 0.15) is 17.6 Å². The Balaban J connectivity index is 2.83. The first kappa shape index (κ1) is 15.2. The van der Waals surface area contributed by atoms with Gasteiger partial charge < -0.3 is 10.4 Å². The Hall–Kier alpha value is -1.81. The molecular weight excluding hydrogens is 259 g/mol. The molecule has 0 fully saturated rings. The number of rotatable bonds is 5. The Labute approximate surface area is 108 Å². The quantitative estimate of drug-likeness (QED) is 0.865. The molecule has 0 saturated carbocycles. The first-order chi connectivity index (χ1) is 8.88. The highest BCUT2D eigenvalue weighted by atomic mass is 19.4. The molecule has 0 aliphatic carbocycles. The number of halogens is 3. The number of hydrogen-bond acceptors (Lipinski definition) is 4. The fourth-order valence-corrected chi connectivity index (χ4v) is 1.40. The predicted molar refractivity (Wildman–Crippen MR) is 63.4 cm³/mol. The molecule has 0 aromatic carbocycles.